The largest absolute Gasteiger partial charge is 1.00 e. The van der Waals surface area contributed by atoms with Gasteiger partial charge in [-0.1, -0.05) is 69.2 Å². The first-order valence-electron chi connectivity index (χ1n) is 7.33. The van der Waals surface area contributed by atoms with E-state index >= 15 is 0 Å². The summed E-state index contributed by atoms with van der Waals surface area (Å²) >= 11 is 11.1. The molecule has 0 bridgehead atoms. The number of benzene rings is 2. The highest BCUT2D eigenvalue weighted by Crippen LogP contribution is 2.22. The lowest BCUT2D eigenvalue weighted by atomic mass is 10.1. The van der Waals surface area contributed by atoms with Crippen LogP contribution in [0.5, 0.6) is 0 Å². The second-order valence-electron chi connectivity index (χ2n) is 5.36. The van der Waals surface area contributed by atoms with Crippen LogP contribution < -0.4 is 27.3 Å². The Hall–Kier alpha value is -1.21. The summed E-state index contributed by atoms with van der Waals surface area (Å²) < 4.78 is 2.74. The molecule has 1 heterocycles. The standard InChI is InChI=1S/C18H14BrClN2OS.BrH/c19-14-7-5-12(6-8-14)17(23)11-22-10-15(24-18(22)21)9-13-3-1-2-4-16(13)20;/h1-8,10,21H,9,11H2;1H. The number of nitrogens with two attached hydrogens (primary N) is 1. The molecule has 0 saturated carbocycles. The van der Waals surface area contributed by atoms with Gasteiger partial charge < -0.3 is 17.0 Å². The van der Waals surface area contributed by atoms with E-state index in [-0.39, 0.29) is 29.3 Å². The van der Waals surface area contributed by atoms with E-state index in [0.717, 1.165) is 19.9 Å². The number of rotatable bonds is 5. The Balaban J connectivity index is 0.00000225. The third kappa shape index (κ3) is 5.14. The van der Waals surface area contributed by atoms with Crippen molar-refractivity contribution in [3.63, 3.8) is 0 Å². The van der Waals surface area contributed by atoms with Gasteiger partial charge in [-0.25, -0.2) is 4.57 Å². The highest BCUT2D eigenvalue weighted by atomic mass is 79.9. The number of halogens is 3. The molecule has 0 radical (unpaired) electrons. The molecular weight excluding hydrogens is 488 g/mol. The average Bonchev–Trinajstić information content (AvgIpc) is 2.90. The lowest BCUT2D eigenvalue weighted by Crippen LogP contribution is -3.00. The SMILES string of the molecule is Nc1sc(Cc2ccccc2Cl)c[n+]1CC(=O)c1ccc(Br)cc1.[Br-]. The fraction of sp³-hybridized carbons (Fsp3) is 0.111. The first-order chi connectivity index (χ1) is 11.5. The normalized spacial score (nSPS) is 10.3. The molecule has 0 fully saturated rings. The summed E-state index contributed by atoms with van der Waals surface area (Å²) in [7, 11) is 0. The van der Waals surface area contributed by atoms with Gasteiger partial charge in [-0.3, -0.25) is 10.5 Å². The van der Waals surface area contributed by atoms with Crippen LogP contribution in [0.15, 0.2) is 59.2 Å². The van der Waals surface area contributed by atoms with Crippen molar-refractivity contribution in [1.29, 1.82) is 0 Å². The second kappa shape index (κ2) is 8.94. The fourth-order valence-electron chi connectivity index (χ4n) is 2.37. The average molecular weight is 503 g/mol. The van der Waals surface area contributed by atoms with Crippen LogP contribution in [0.1, 0.15) is 20.8 Å². The molecule has 3 nitrogen and oxygen atoms in total. The van der Waals surface area contributed by atoms with E-state index in [2.05, 4.69) is 15.9 Å². The highest BCUT2D eigenvalue weighted by molar-refractivity contribution is 9.10. The number of hydrogen-bond donors (Lipinski definition) is 1. The fourth-order valence-corrected chi connectivity index (χ4v) is 3.75. The lowest BCUT2D eigenvalue weighted by molar-refractivity contribution is -0.664. The first-order valence-corrected chi connectivity index (χ1v) is 9.31. The molecule has 7 heteroatoms. The van der Waals surface area contributed by atoms with E-state index in [0.29, 0.717) is 17.1 Å². The van der Waals surface area contributed by atoms with Crippen molar-refractivity contribution in [2.45, 2.75) is 13.0 Å². The van der Waals surface area contributed by atoms with Crippen LogP contribution in [0.4, 0.5) is 5.13 Å². The Kier molecular flexibility index (Phi) is 7.19. The van der Waals surface area contributed by atoms with E-state index in [9.17, 15) is 4.79 Å². The van der Waals surface area contributed by atoms with Crippen LogP contribution in [0.3, 0.4) is 0 Å². The van der Waals surface area contributed by atoms with E-state index in [4.69, 9.17) is 17.3 Å². The van der Waals surface area contributed by atoms with Gasteiger partial charge in [0.1, 0.15) is 6.20 Å². The van der Waals surface area contributed by atoms with Crippen LogP contribution in [0.2, 0.25) is 5.02 Å². The molecule has 0 spiro atoms. The maximum Gasteiger partial charge on any atom is 0.332 e. The van der Waals surface area contributed by atoms with Gasteiger partial charge in [-0.15, -0.1) is 0 Å². The molecular formula is C18H15Br2ClN2OS. The van der Waals surface area contributed by atoms with Crippen LogP contribution in [-0.4, -0.2) is 5.78 Å². The van der Waals surface area contributed by atoms with Gasteiger partial charge in [0.2, 0.25) is 5.78 Å². The van der Waals surface area contributed by atoms with Crippen LogP contribution in [0.25, 0.3) is 0 Å². The molecule has 130 valence electrons. The number of thiazole rings is 1. The van der Waals surface area contributed by atoms with Crippen molar-refractivity contribution >= 4 is 49.8 Å². The van der Waals surface area contributed by atoms with E-state index < -0.39 is 0 Å². The van der Waals surface area contributed by atoms with E-state index in [1.54, 1.807) is 16.7 Å². The van der Waals surface area contributed by atoms with Crippen molar-refractivity contribution in [2.75, 3.05) is 5.73 Å². The van der Waals surface area contributed by atoms with Gasteiger partial charge in [-0.2, -0.15) is 0 Å². The predicted molar refractivity (Wildman–Crippen MR) is 102 cm³/mol. The molecule has 1 aromatic heterocycles. The Morgan fingerprint density at radius 3 is 2.52 bits per heavy atom. The second-order valence-corrected chi connectivity index (χ2v) is 7.83. The number of carbonyl (C=O) groups excluding carboxylic acids is 1. The number of anilines is 1. The van der Waals surface area contributed by atoms with Gasteiger partial charge in [0, 0.05) is 21.5 Å². The maximum absolute atomic E-state index is 12.4. The molecule has 2 aromatic carbocycles. The minimum Gasteiger partial charge on any atom is -1.00 e. The number of carbonyl (C=O) groups is 1. The number of nitrogens with zero attached hydrogens (tertiary/aromatic N) is 1. The molecule has 0 unspecified atom stereocenters. The zero-order chi connectivity index (χ0) is 17.1. The number of Topliss-reactive ketones (excluding diaryl/α,β-unsaturated/α-hetero) is 1. The number of nitrogen functional groups attached to an aromatic ring is 1. The molecule has 0 saturated heterocycles. The summed E-state index contributed by atoms with van der Waals surface area (Å²) in [6, 6.07) is 15.1. The summed E-state index contributed by atoms with van der Waals surface area (Å²) in [4.78, 5) is 13.5. The monoisotopic (exact) mass is 500 g/mol. The molecule has 2 N–H and O–H groups in total. The van der Waals surface area contributed by atoms with E-state index in [1.165, 1.54) is 11.3 Å². The third-order valence-electron chi connectivity index (χ3n) is 3.62. The van der Waals surface area contributed by atoms with Crippen molar-refractivity contribution in [3.05, 3.63) is 80.2 Å². The first kappa shape index (κ1) is 20.1. The topological polar surface area (TPSA) is 47.0 Å². The Labute approximate surface area is 174 Å². The van der Waals surface area contributed by atoms with Crippen LogP contribution in [-0.2, 0) is 13.0 Å². The number of aromatic nitrogens is 1. The summed E-state index contributed by atoms with van der Waals surface area (Å²) in [5.74, 6) is 0.0290. The van der Waals surface area contributed by atoms with Crippen LogP contribution >= 0.6 is 38.9 Å². The summed E-state index contributed by atoms with van der Waals surface area (Å²) in [6.45, 7) is 0.229. The predicted octanol–water partition coefficient (Wildman–Crippen LogP) is 1.51. The van der Waals surface area contributed by atoms with Gasteiger partial charge in [0.15, 0.2) is 6.54 Å². The van der Waals surface area contributed by atoms with Crippen molar-refractivity contribution in [2.24, 2.45) is 0 Å². The van der Waals surface area contributed by atoms with Crippen molar-refractivity contribution in [1.82, 2.24) is 0 Å². The van der Waals surface area contributed by atoms with Crippen molar-refractivity contribution in [3.8, 4) is 0 Å². The van der Waals surface area contributed by atoms with Crippen molar-refractivity contribution < 1.29 is 26.3 Å². The molecule has 0 aliphatic carbocycles. The molecule has 3 aromatic rings. The zero-order valence-electron chi connectivity index (χ0n) is 13.1. The van der Waals surface area contributed by atoms with Gasteiger partial charge in [0.25, 0.3) is 0 Å². The molecule has 0 atom stereocenters. The minimum absolute atomic E-state index is 0. The van der Waals surface area contributed by atoms with Gasteiger partial charge in [-0.05, 0) is 23.8 Å². The number of hydrogen-bond acceptors (Lipinski definition) is 3. The Morgan fingerprint density at radius 1 is 1.16 bits per heavy atom. The molecule has 25 heavy (non-hydrogen) atoms. The third-order valence-corrected chi connectivity index (χ3v) is 5.47. The highest BCUT2D eigenvalue weighted by Gasteiger charge is 2.17. The molecule has 0 amide bonds. The van der Waals surface area contributed by atoms with E-state index in [1.807, 2.05) is 42.6 Å². The number of ketones is 1. The lowest BCUT2D eigenvalue weighted by Gasteiger charge is -2.00. The van der Waals surface area contributed by atoms with Crippen LogP contribution in [0, 0.1) is 0 Å². The molecule has 3 rings (SSSR count). The quantitative estimate of drug-likeness (QED) is 0.425. The Bertz CT molecular complexity index is 881. The summed E-state index contributed by atoms with van der Waals surface area (Å²) in [5.41, 5.74) is 7.79. The maximum atomic E-state index is 12.4. The molecule has 0 aliphatic rings. The van der Waals surface area contributed by atoms with Gasteiger partial charge >= 0.3 is 5.13 Å². The molecule has 0 aliphatic heterocycles. The zero-order valence-corrected chi connectivity index (χ0v) is 17.8. The minimum atomic E-state index is 0. The Morgan fingerprint density at radius 2 is 1.84 bits per heavy atom. The smallest absolute Gasteiger partial charge is 0.332 e. The summed E-state index contributed by atoms with van der Waals surface area (Å²) in [5, 5.41) is 1.35. The van der Waals surface area contributed by atoms with Gasteiger partial charge in [0.05, 0.1) is 4.88 Å². The summed E-state index contributed by atoms with van der Waals surface area (Å²) in [6.07, 6.45) is 2.63.